The van der Waals surface area contributed by atoms with Crippen molar-refractivity contribution < 1.29 is 43.1 Å². The van der Waals surface area contributed by atoms with Crippen molar-refractivity contribution in [2.75, 3.05) is 54.8 Å². The highest BCUT2D eigenvalue weighted by molar-refractivity contribution is 5.79. The largest absolute Gasteiger partial charge is 0.502 e. The summed E-state index contributed by atoms with van der Waals surface area (Å²) in [7, 11) is 6.82. The van der Waals surface area contributed by atoms with E-state index in [-0.39, 0.29) is 30.6 Å². The quantitative estimate of drug-likeness (QED) is 0.390. The lowest BCUT2D eigenvalue weighted by atomic mass is 9.66. The van der Waals surface area contributed by atoms with Crippen molar-refractivity contribution in [2.45, 2.75) is 18.4 Å². The molecule has 4 atom stereocenters. The minimum atomic E-state index is -0.748. The normalized spacial score (nSPS) is 22.9. The van der Waals surface area contributed by atoms with Crippen LogP contribution < -0.4 is 24.3 Å². The van der Waals surface area contributed by atoms with Crippen LogP contribution in [-0.2, 0) is 14.3 Å². The predicted molar refractivity (Wildman–Crippen MR) is 134 cm³/mol. The molecule has 2 aliphatic heterocycles. The third-order valence-corrected chi connectivity index (χ3v) is 7.27. The summed E-state index contributed by atoms with van der Waals surface area (Å²) in [5.74, 6) is -0.666. The maximum atomic E-state index is 13.2. The Bertz CT molecular complexity index is 1210. The Hall–Kier alpha value is -3.86. The van der Waals surface area contributed by atoms with E-state index in [1.807, 2.05) is 31.1 Å². The SMILES string of the molecule is COc1cc([C@@H]2c3cc4c(cc3[C@@H](OC(=O)NCCCN(C)C)[C@@H]3COC(=O)[C@@H]23)OCO4)cc(OC)c1O. The van der Waals surface area contributed by atoms with Crippen LogP contribution in [0.15, 0.2) is 24.3 Å². The summed E-state index contributed by atoms with van der Waals surface area (Å²) in [6.45, 7) is 1.44. The fraction of sp³-hybridized carbons (Fsp3) is 0.481. The van der Waals surface area contributed by atoms with Crippen LogP contribution in [0.1, 0.15) is 35.1 Å². The number of esters is 1. The van der Waals surface area contributed by atoms with Crippen molar-refractivity contribution in [2.24, 2.45) is 11.8 Å². The van der Waals surface area contributed by atoms with Gasteiger partial charge in [-0.2, -0.15) is 0 Å². The number of nitrogens with one attached hydrogen (secondary N) is 1. The molecule has 2 aromatic carbocycles. The highest BCUT2D eigenvalue weighted by Gasteiger charge is 2.54. The third kappa shape index (κ3) is 4.62. The lowest BCUT2D eigenvalue weighted by molar-refractivity contribution is -0.141. The first-order chi connectivity index (χ1) is 18.3. The molecule has 1 amide bonds. The molecule has 11 nitrogen and oxygen atoms in total. The number of benzene rings is 2. The molecule has 0 spiro atoms. The van der Waals surface area contributed by atoms with Gasteiger partial charge in [0.15, 0.2) is 23.0 Å². The number of phenols is 1. The summed E-state index contributed by atoms with van der Waals surface area (Å²) in [5.41, 5.74) is 2.11. The average Bonchev–Trinajstić information content (AvgIpc) is 3.52. The zero-order valence-corrected chi connectivity index (χ0v) is 21.8. The fourth-order valence-electron chi connectivity index (χ4n) is 5.50. The lowest BCUT2D eigenvalue weighted by Crippen LogP contribution is -2.38. The second-order valence-electron chi connectivity index (χ2n) is 9.82. The number of phenolic OH excluding ortho intramolecular Hbond substituents is 1. The van der Waals surface area contributed by atoms with E-state index in [0.717, 1.165) is 18.5 Å². The molecular formula is C27H32N2O9. The molecule has 0 saturated carbocycles. The molecule has 2 aromatic rings. The highest BCUT2D eigenvalue weighted by atomic mass is 16.7. The molecule has 11 heteroatoms. The van der Waals surface area contributed by atoms with Crippen molar-refractivity contribution in [1.29, 1.82) is 0 Å². The summed E-state index contributed by atoms with van der Waals surface area (Å²) < 4.78 is 33.5. The van der Waals surface area contributed by atoms with Crippen LogP contribution in [0.3, 0.4) is 0 Å². The number of hydrogen-bond acceptors (Lipinski definition) is 10. The first kappa shape index (κ1) is 25.8. The zero-order chi connectivity index (χ0) is 27.0. The summed E-state index contributed by atoms with van der Waals surface area (Å²) in [6, 6.07) is 6.99. The van der Waals surface area contributed by atoms with Gasteiger partial charge in [-0.25, -0.2) is 4.79 Å². The van der Waals surface area contributed by atoms with Crippen molar-refractivity contribution in [3.8, 4) is 28.7 Å². The number of alkyl carbamates (subject to hydrolysis) is 1. The third-order valence-electron chi connectivity index (χ3n) is 7.27. The van der Waals surface area contributed by atoms with E-state index in [1.54, 1.807) is 12.1 Å². The Morgan fingerprint density at radius 1 is 1.05 bits per heavy atom. The summed E-state index contributed by atoms with van der Waals surface area (Å²) in [4.78, 5) is 28.0. The van der Waals surface area contributed by atoms with Crippen molar-refractivity contribution in [1.82, 2.24) is 10.2 Å². The van der Waals surface area contributed by atoms with Crippen LogP contribution in [0, 0.1) is 11.8 Å². The molecular weight excluding hydrogens is 496 g/mol. The van der Waals surface area contributed by atoms with Crippen molar-refractivity contribution >= 4 is 12.1 Å². The Labute approximate surface area is 220 Å². The number of fused-ring (bicyclic) bond motifs is 3. The van der Waals surface area contributed by atoms with Crippen LogP contribution in [0.25, 0.3) is 0 Å². The van der Waals surface area contributed by atoms with Gasteiger partial charge < -0.3 is 43.7 Å². The molecule has 2 N–H and O–H groups in total. The molecule has 0 aromatic heterocycles. The zero-order valence-electron chi connectivity index (χ0n) is 21.8. The number of ether oxygens (including phenoxy) is 6. The van der Waals surface area contributed by atoms with E-state index in [1.165, 1.54) is 14.2 Å². The first-order valence-corrected chi connectivity index (χ1v) is 12.5. The van der Waals surface area contributed by atoms with Gasteiger partial charge in [0.1, 0.15) is 6.10 Å². The maximum absolute atomic E-state index is 13.2. The van der Waals surface area contributed by atoms with Crippen LogP contribution in [0.4, 0.5) is 4.79 Å². The van der Waals surface area contributed by atoms with Crippen LogP contribution in [0.2, 0.25) is 0 Å². The van der Waals surface area contributed by atoms with E-state index < -0.39 is 35.9 Å². The Balaban J connectivity index is 1.56. The number of carbonyl (C=O) groups is 2. The van der Waals surface area contributed by atoms with Gasteiger partial charge in [-0.15, -0.1) is 0 Å². The minimum Gasteiger partial charge on any atom is -0.502 e. The molecule has 3 aliphatic rings. The first-order valence-electron chi connectivity index (χ1n) is 12.5. The number of carbonyl (C=O) groups excluding carboxylic acids is 2. The Morgan fingerprint density at radius 2 is 1.71 bits per heavy atom. The topological polar surface area (TPSA) is 125 Å². The summed E-state index contributed by atoms with van der Waals surface area (Å²) in [5, 5.41) is 13.3. The number of methoxy groups -OCH3 is 2. The molecule has 0 bridgehead atoms. The number of cyclic esters (lactones) is 1. The van der Waals surface area contributed by atoms with Gasteiger partial charge in [-0.05, 0) is 62.5 Å². The van der Waals surface area contributed by atoms with Gasteiger partial charge in [0, 0.05) is 23.9 Å². The maximum Gasteiger partial charge on any atom is 0.407 e. The number of aromatic hydroxyl groups is 1. The fourth-order valence-corrected chi connectivity index (χ4v) is 5.50. The molecule has 1 saturated heterocycles. The van der Waals surface area contributed by atoms with E-state index >= 15 is 0 Å². The van der Waals surface area contributed by atoms with Gasteiger partial charge in [0.2, 0.25) is 12.5 Å². The van der Waals surface area contributed by atoms with Gasteiger partial charge >= 0.3 is 12.1 Å². The Kier molecular flexibility index (Phi) is 7.11. The number of nitrogens with zero attached hydrogens (tertiary/aromatic N) is 1. The van der Waals surface area contributed by atoms with Gasteiger partial charge in [-0.1, -0.05) is 0 Å². The van der Waals surface area contributed by atoms with Crippen molar-refractivity contribution in [3.63, 3.8) is 0 Å². The predicted octanol–water partition coefficient (Wildman–Crippen LogP) is 2.79. The number of amides is 1. The molecule has 0 radical (unpaired) electrons. The molecule has 2 heterocycles. The van der Waals surface area contributed by atoms with Crippen LogP contribution >= 0.6 is 0 Å². The second-order valence-corrected chi connectivity index (χ2v) is 9.82. The average molecular weight is 529 g/mol. The van der Waals surface area contributed by atoms with E-state index in [2.05, 4.69) is 5.32 Å². The molecule has 38 heavy (non-hydrogen) atoms. The Morgan fingerprint density at radius 3 is 2.34 bits per heavy atom. The molecule has 1 fully saturated rings. The van der Waals surface area contributed by atoms with Gasteiger partial charge in [0.25, 0.3) is 0 Å². The van der Waals surface area contributed by atoms with E-state index in [9.17, 15) is 14.7 Å². The van der Waals surface area contributed by atoms with Crippen LogP contribution in [-0.4, -0.2) is 76.9 Å². The standard InChI is InChI=1S/C27H32N2O9/c1-29(2)7-5-6-28-27(32)38-25-16-11-19-18(36-13-37-19)10-15(16)22(23-17(25)12-35-26(23)31)14-8-20(33-3)24(30)21(9-14)34-4/h8-11,17,22-23,25,30H,5-7,12-13H2,1-4H3,(H,28,32)/t17-,22-,23-,25-/m1/s1. The van der Waals surface area contributed by atoms with E-state index in [0.29, 0.717) is 29.2 Å². The second kappa shape index (κ2) is 10.5. The summed E-state index contributed by atoms with van der Waals surface area (Å²) in [6.07, 6.45) is -0.550. The molecule has 204 valence electrons. The van der Waals surface area contributed by atoms with Crippen LogP contribution in [0.5, 0.6) is 28.7 Å². The molecule has 5 rings (SSSR count). The van der Waals surface area contributed by atoms with Gasteiger partial charge in [-0.3, -0.25) is 4.79 Å². The number of hydrogen-bond donors (Lipinski definition) is 2. The number of rotatable bonds is 8. The molecule has 1 aliphatic carbocycles. The summed E-state index contributed by atoms with van der Waals surface area (Å²) >= 11 is 0. The molecule has 0 unspecified atom stereocenters. The monoisotopic (exact) mass is 528 g/mol. The lowest BCUT2D eigenvalue weighted by Gasteiger charge is -2.38. The smallest absolute Gasteiger partial charge is 0.407 e. The minimum absolute atomic E-state index is 0.0660. The van der Waals surface area contributed by atoms with Gasteiger partial charge in [0.05, 0.1) is 26.7 Å². The highest BCUT2D eigenvalue weighted by Crippen LogP contribution is 2.56. The van der Waals surface area contributed by atoms with Crippen molar-refractivity contribution in [3.05, 3.63) is 41.0 Å². The van der Waals surface area contributed by atoms with E-state index in [4.69, 9.17) is 28.4 Å².